The lowest BCUT2D eigenvalue weighted by molar-refractivity contribution is 0.0954. The van der Waals surface area contributed by atoms with Gasteiger partial charge in [-0.3, -0.25) is 9.36 Å². The second kappa shape index (κ2) is 10.4. The fourth-order valence-electron chi connectivity index (χ4n) is 3.98. The largest absolute Gasteiger partial charge is 0.490 e. The van der Waals surface area contributed by atoms with Gasteiger partial charge in [0.25, 0.3) is 5.91 Å². The van der Waals surface area contributed by atoms with Gasteiger partial charge in [-0.15, -0.1) is 0 Å². The van der Waals surface area contributed by atoms with Crippen LogP contribution in [0.1, 0.15) is 41.2 Å². The minimum absolute atomic E-state index is 0.118. The molecule has 2 aromatic heterocycles. The smallest absolute Gasteiger partial charge is 0.251 e. The molecule has 0 radical (unpaired) electrons. The van der Waals surface area contributed by atoms with Crippen molar-refractivity contribution in [3.05, 3.63) is 77.2 Å². The number of aromatic nitrogens is 3. The number of rotatable bonds is 9. The number of carbonyl (C=O) groups excluding carboxylic acids is 1. The first-order chi connectivity index (χ1) is 16.5. The molecule has 176 valence electrons. The summed E-state index contributed by atoms with van der Waals surface area (Å²) in [4.78, 5) is 22.0. The van der Waals surface area contributed by atoms with Crippen molar-refractivity contribution >= 4 is 17.1 Å². The first-order valence-electron chi connectivity index (χ1n) is 11.6. The number of nitrogens with one attached hydrogen (secondary N) is 1. The number of hydrogen-bond acceptors (Lipinski definition) is 5. The second-order valence-electron chi connectivity index (χ2n) is 7.99. The van der Waals surface area contributed by atoms with Crippen molar-refractivity contribution in [2.24, 2.45) is 0 Å². The molecule has 0 unspecified atom stereocenters. The van der Waals surface area contributed by atoms with Gasteiger partial charge in [0.15, 0.2) is 17.1 Å². The third-order valence-electron chi connectivity index (χ3n) is 5.60. The van der Waals surface area contributed by atoms with Crippen molar-refractivity contribution in [2.45, 2.75) is 34.1 Å². The van der Waals surface area contributed by atoms with Gasteiger partial charge in [0.1, 0.15) is 11.3 Å². The zero-order chi connectivity index (χ0) is 24.1. The molecule has 7 nitrogen and oxygen atoms in total. The zero-order valence-electron chi connectivity index (χ0n) is 20.1. The van der Waals surface area contributed by atoms with E-state index in [0.717, 1.165) is 45.3 Å². The average molecular weight is 459 g/mol. The summed E-state index contributed by atoms with van der Waals surface area (Å²) in [5, 5.41) is 3.03. The number of hydrogen-bond donors (Lipinski definition) is 1. The Hall–Kier alpha value is -3.87. The summed E-state index contributed by atoms with van der Waals surface area (Å²) in [7, 11) is 0. The number of imidazole rings is 1. The topological polar surface area (TPSA) is 78.3 Å². The molecule has 2 heterocycles. The van der Waals surface area contributed by atoms with E-state index in [1.807, 2.05) is 80.8 Å². The number of nitrogens with zero attached hydrogens (tertiary/aromatic N) is 3. The fourth-order valence-corrected chi connectivity index (χ4v) is 3.98. The molecule has 4 rings (SSSR count). The van der Waals surface area contributed by atoms with Crippen LogP contribution >= 0.6 is 0 Å². The SMILES string of the molecule is CCOc1ccc(CCNC(=O)c2ccc(C)c(-n3c(C)nc4cccnc43)c2)cc1OCC. The Morgan fingerprint density at radius 2 is 1.79 bits per heavy atom. The van der Waals surface area contributed by atoms with Crippen molar-refractivity contribution in [3.8, 4) is 17.2 Å². The first kappa shape index (κ1) is 23.3. The predicted molar refractivity (Wildman–Crippen MR) is 133 cm³/mol. The second-order valence-corrected chi connectivity index (χ2v) is 7.99. The van der Waals surface area contributed by atoms with Gasteiger partial charge in [0.05, 0.1) is 18.9 Å². The van der Waals surface area contributed by atoms with Crippen molar-refractivity contribution in [1.29, 1.82) is 0 Å². The van der Waals surface area contributed by atoms with Crippen LogP contribution in [-0.2, 0) is 6.42 Å². The number of carbonyl (C=O) groups is 1. The van der Waals surface area contributed by atoms with Crippen LogP contribution in [0.15, 0.2) is 54.7 Å². The lowest BCUT2D eigenvalue weighted by atomic mass is 10.1. The summed E-state index contributed by atoms with van der Waals surface area (Å²) in [6, 6.07) is 15.4. The highest BCUT2D eigenvalue weighted by molar-refractivity contribution is 5.95. The van der Waals surface area contributed by atoms with Crippen LogP contribution in [0, 0.1) is 13.8 Å². The molecule has 4 aromatic rings. The van der Waals surface area contributed by atoms with Gasteiger partial charge < -0.3 is 14.8 Å². The zero-order valence-corrected chi connectivity index (χ0v) is 20.1. The van der Waals surface area contributed by atoms with E-state index in [0.29, 0.717) is 31.7 Å². The van der Waals surface area contributed by atoms with Crippen molar-refractivity contribution in [1.82, 2.24) is 19.9 Å². The number of fused-ring (bicyclic) bond motifs is 1. The number of aryl methyl sites for hydroxylation is 2. The molecule has 7 heteroatoms. The van der Waals surface area contributed by atoms with Crippen LogP contribution in [-0.4, -0.2) is 40.2 Å². The van der Waals surface area contributed by atoms with E-state index < -0.39 is 0 Å². The van der Waals surface area contributed by atoms with Gasteiger partial charge in [0.2, 0.25) is 0 Å². The molecule has 0 spiro atoms. The first-order valence-corrected chi connectivity index (χ1v) is 11.6. The maximum absolute atomic E-state index is 12.9. The van der Waals surface area contributed by atoms with Crippen LogP contribution in [0.5, 0.6) is 11.5 Å². The minimum atomic E-state index is -0.118. The summed E-state index contributed by atoms with van der Waals surface area (Å²) < 4.78 is 13.3. The Morgan fingerprint density at radius 3 is 2.59 bits per heavy atom. The Bertz CT molecular complexity index is 1310. The van der Waals surface area contributed by atoms with E-state index in [-0.39, 0.29) is 5.91 Å². The lowest BCUT2D eigenvalue weighted by Crippen LogP contribution is -2.26. The van der Waals surface area contributed by atoms with Gasteiger partial charge in [0, 0.05) is 18.3 Å². The Labute approximate surface area is 199 Å². The molecule has 0 fully saturated rings. The Balaban J connectivity index is 1.48. The van der Waals surface area contributed by atoms with Crippen molar-refractivity contribution < 1.29 is 14.3 Å². The number of benzene rings is 2. The maximum Gasteiger partial charge on any atom is 0.251 e. The quantitative estimate of drug-likeness (QED) is 0.390. The summed E-state index contributed by atoms with van der Waals surface area (Å²) >= 11 is 0. The normalized spacial score (nSPS) is 10.9. The average Bonchev–Trinajstić information content (AvgIpc) is 3.16. The van der Waals surface area contributed by atoms with E-state index >= 15 is 0 Å². The molecule has 1 amide bonds. The van der Waals surface area contributed by atoms with Gasteiger partial charge >= 0.3 is 0 Å². The van der Waals surface area contributed by atoms with Crippen LogP contribution in [0.25, 0.3) is 16.9 Å². The molecule has 1 N–H and O–H groups in total. The molecule has 0 saturated carbocycles. The van der Waals surface area contributed by atoms with Crippen LogP contribution in [0.3, 0.4) is 0 Å². The molecule has 0 atom stereocenters. The van der Waals surface area contributed by atoms with Crippen LogP contribution in [0.4, 0.5) is 0 Å². The van der Waals surface area contributed by atoms with E-state index in [2.05, 4.69) is 15.3 Å². The van der Waals surface area contributed by atoms with E-state index in [4.69, 9.17) is 9.47 Å². The molecule has 0 aliphatic rings. The fraction of sp³-hybridized carbons (Fsp3) is 0.296. The molecular weight excluding hydrogens is 428 g/mol. The third-order valence-corrected chi connectivity index (χ3v) is 5.60. The molecular formula is C27H30N4O3. The van der Waals surface area contributed by atoms with Crippen molar-refractivity contribution in [3.63, 3.8) is 0 Å². The molecule has 0 bridgehead atoms. The summed E-state index contributed by atoms with van der Waals surface area (Å²) in [5.74, 6) is 2.18. The van der Waals surface area contributed by atoms with E-state index in [9.17, 15) is 4.79 Å². The molecule has 0 saturated heterocycles. The van der Waals surface area contributed by atoms with Crippen LogP contribution < -0.4 is 14.8 Å². The van der Waals surface area contributed by atoms with Gasteiger partial charge in [-0.05, 0) is 81.6 Å². The summed E-state index contributed by atoms with van der Waals surface area (Å²) in [5.41, 5.74) is 5.22. The maximum atomic E-state index is 12.9. The molecule has 0 aliphatic heterocycles. The molecule has 2 aromatic carbocycles. The number of amides is 1. The highest BCUT2D eigenvalue weighted by Crippen LogP contribution is 2.28. The summed E-state index contributed by atoms with van der Waals surface area (Å²) in [6.07, 6.45) is 2.44. The summed E-state index contributed by atoms with van der Waals surface area (Å²) in [6.45, 7) is 9.52. The highest BCUT2D eigenvalue weighted by Gasteiger charge is 2.15. The lowest BCUT2D eigenvalue weighted by Gasteiger charge is -2.13. The monoisotopic (exact) mass is 458 g/mol. The molecule has 0 aliphatic carbocycles. The van der Waals surface area contributed by atoms with E-state index in [1.165, 1.54) is 0 Å². The molecule has 34 heavy (non-hydrogen) atoms. The van der Waals surface area contributed by atoms with Crippen LogP contribution in [0.2, 0.25) is 0 Å². The standard InChI is InChI=1S/C27H30N4O3/c1-5-33-24-12-10-20(16-25(24)34-6-2)13-15-29-27(32)21-11-9-18(3)23(17-21)31-19(4)30-22-8-7-14-28-26(22)31/h7-12,14,16-17H,5-6,13,15H2,1-4H3,(H,29,32). The van der Waals surface area contributed by atoms with E-state index in [1.54, 1.807) is 6.20 Å². The number of ether oxygens (including phenoxy) is 2. The Morgan fingerprint density at radius 1 is 1.00 bits per heavy atom. The Kier molecular flexibility index (Phi) is 7.11. The number of pyridine rings is 1. The van der Waals surface area contributed by atoms with Gasteiger partial charge in [-0.25, -0.2) is 9.97 Å². The third kappa shape index (κ3) is 4.88. The predicted octanol–water partition coefficient (Wildman–Crippen LogP) is 4.81. The van der Waals surface area contributed by atoms with Gasteiger partial charge in [-0.2, -0.15) is 0 Å². The van der Waals surface area contributed by atoms with Gasteiger partial charge in [-0.1, -0.05) is 12.1 Å². The van der Waals surface area contributed by atoms with Crippen molar-refractivity contribution in [2.75, 3.05) is 19.8 Å². The highest BCUT2D eigenvalue weighted by atomic mass is 16.5. The minimum Gasteiger partial charge on any atom is -0.490 e.